The van der Waals surface area contributed by atoms with Gasteiger partial charge >= 0.3 is 0 Å². The van der Waals surface area contributed by atoms with Crippen LogP contribution in [-0.4, -0.2) is 25.9 Å². The van der Waals surface area contributed by atoms with Crippen molar-refractivity contribution in [1.82, 2.24) is 0 Å². The monoisotopic (exact) mass is 593 g/mol. The summed E-state index contributed by atoms with van der Waals surface area (Å²) in [5.41, 5.74) is 0. The molecule has 0 N–H and O–H groups in total. The lowest BCUT2D eigenvalue weighted by Gasteiger charge is -2.06. The zero-order chi connectivity index (χ0) is 29.9. The van der Waals surface area contributed by atoms with E-state index in [0.717, 1.165) is 19.8 Å². The van der Waals surface area contributed by atoms with Crippen LogP contribution in [0.2, 0.25) is 0 Å². The lowest BCUT2D eigenvalue weighted by molar-refractivity contribution is 0.125. The van der Waals surface area contributed by atoms with E-state index in [1.807, 2.05) is 0 Å². The van der Waals surface area contributed by atoms with Crippen molar-refractivity contribution in [3.05, 3.63) is 0 Å². The van der Waals surface area contributed by atoms with Crippen LogP contribution in [0.4, 0.5) is 0 Å². The van der Waals surface area contributed by atoms with Crippen LogP contribution >= 0.6 is 0 Å². The summed E-state index contributed by atoms with van der Waals surface area (Å²) >= 11 is 0. The zero-order valence-electron chi connectivity index (χ0n) is 29.3. The van der Waals surface area contributed by atoms with Gasteiger partial charge in [-0.3, -0.25) is 0 Å². The lowest BCUT2D eigenvalue weighted by atomic mass is 10.0. The van der Waals surface area contributed by atoms with E-state index in [4.69, 9.17) is 9.47 Å². The molecule has 1 atom stereocenters. The Morgan fingerprint density at radius 3 is 0.857 bits per heavy atom. The predicted octanol–water partition coefficient (Wildman–Crippen LogP) is 14.1. The second-order valence-electron chi connectivity index (χ2n) is 14.0. The van der Waals surface area contributed by atoms with Crippen molar-refractivity contribution in [2.45, 2.75) is 238 Å². The van der Waals surface area contributed by atoms with E-state index in [1.54, 1.807) is 0 Å². The van der Waals surface area contributed by atoms with Crippen molar-refractivity contribution < 1.29 is 9.47 Å². The van der Waals surface area contributed by atoms with E-state index in [2.05, 4.69) is 6.92 Å². The first kappa shape index (κ1) is 39.9. The van der Waals surface area contributed by atoms with Crippen molar-refractivity contribution in [3.63, 3.8) is 0 Å². The van der Waals surface area contributed by atoms with E-state index in [9.17, 15) is 0 Å². The van der Waals surface area contributed by atoms with E-state index < -0.39 is 0 Å². The molecule has 1 aliphatic heterocycles. The SMILES string of the molecule is CCCCCCCCCCCCCCCCCCOCCCCCCCCCCCCCCCCCCCCC1CO1. The molecule has 1 unspecified atom stereocenters. The molecule has 0 radical (unpaired) electrons. The first-order chi connectivity index (χ1) is 20.9. The third kappa shape index (κ3) is 34.4. The Balaban J connectivity index is 1.58. The molecule has 0 aromatic heterocycles. The Morgan fingerprint density at radius 1 is 0.357 bits per heavy atom. The van der Waals surface area contributed by atoms with E-state index in [1.165, 1.54) is 225 Å². The summed E-state index contributed by atoms with van der Waals surface area (Å²) in [6.45, 7) is 5.33. The van der Waals surface area contributed by atoms with Crippen molar-refractivity contribution in [2.24, 2.45) is 0 Å². The van der Waals surface area contributed by atoms with Crippen molar-refractivity contribution in [3.8, 4) is 0 Å². The molecule has 252 valence electrons. The summed E-state index contributed by atoms with van der Waals surface area (Å²) in [6.07, 6.45) is 50.8. The van der Waals surface area contributed by atoms with Gasteiger partial charge in [0.15, 0.2) is 0 Å². The zero-order valence-corrected chi connectivity index (χ0v) is 29.3. The molecule has 1 fully saturated rings. The smallest absolute Gasteiger partial charge is 0.0810 e. The van der Waals surface area contributed by atoms with Crippen LogP contribution in [-0.2, 0) is 9.47 Å². The highest BCUT2D eigenvalue weighted by Gasteiger charge is 2.20. The standard InChI is InChI=1S/C40H80O2/c1-2-3-4-5-6-7-8-9-10-16-19-22-25-28-31-34-37-41-38-35-32-29-26-23-20-17-14-12-11-13-15-18-21-24-27-30-33-36-40-39-42-40/h40H,2-39H2,1H3. The minimum atomic E-state index is 0.642. The number of epoxide rings is 1. The van der Waals surface area contributed by atoms with Crippen molar-refractivity contribution in [2.75, 3.05) is 19.8 Å². The third-order valence-corrected chi connectivity index (χ3v) is 9.61. The van der Waals surface area contributed by atoms with Gasteiger partial charge in [0.1, 0.15) is 0 Å². The Kier molecular flexibility index (Phi) is 33.7. The molecule has 0 amide bonds. The molecule has 0 aliphatic carbocycles. The van der Waals surface area contributed by atoms with Crippen LogP contribution < -0.4 is 0 Å². The summed E-state index contributed by atoms with van der Waals surface area (Å²) in [7, 11) is 0. The molecule has 1 rings (SSSR count). The third-order valence-electron chi connectivity index (χ3n) is 9.61. The maximum atomic E-state index is 5.89. The summed E-state index contributed by atoms with van der Waals surface area (Å²) in [5, 5.41) is 0. The molecule has 0 spiro atoms. The highest BCUT2D eigenvalue weighted by molar-refractivity contribution is 4.68. The van der Waals surface area contributed by atoms with Crippen LogP contribution in [0.25, 0.3) is 0 Å². The van der Waals surface area contributed by atoms with Gasteiger partial charge in [-0.15, -0.1) is 0 Å². The largest absolute Gasteiger partial charge is 0.381 e. The fraction of sp³-hybridized carbons (Fsp3) is 1.00. The molecule has 0 aromatic rings. The van der Waals surface area contributed by atoms with Crippen molar-refractivity contribution in [1.29, 1.82) is 0 Å². The molecule has 2 heteroatoms. The number of unbranched alkanes of at least 4 members (excludes halogenated alkanes) is 32. The minimum Gasteiger partial charge on any atom is -0.381 e. The summed E-state index contributed by atoms with van der Waals surface area (Å²) in [5.74, 6) is 0. The Hall–Kier alpha value is -0.0800. The van der Waals surface area contributed by atoms with E-state index in [-0.39, 0.29) is 0 Å². The highest BCUT2D eigenvalue weighted by atomic mass is 16.6. The second kappa shape index (κ2) is 35.4. The molecule has 1 saturated heterocycles. The Bertz CT molecular complexity index is 474. The fourth-order valence-electron chi connectivity index (χ4n) is 6.49. The molecular weight excluding hydrogens is 512 g/mol. The molecule has 42 heavy (non-hydrogen) atoms. The van der Waals surface area contributed by atoms with Crippen LogP contribution in [0, 0.1) is 0 Å². The van der Waals surface area contributed by atoms with Gasteiger partial charge in [-0.05, 0) is 19.3 Å². The Labute approximate surface area is 266 Å². The van der Waals surface area contributed by atoms with Gasteiger partial charge in [-0.2, -0.15) is 0 Å². The van der Waals surface area contributed by atoms with Gasteiger partial charge in [-0.25, -0.2) is 0 Å². The molecule has 2 nitrogen and oxygen atoms in total. The normalized spacial score (nSPS) is 14.6. The van der Waals surface area contributed by atoms with E-state index >= 15 is 0 Å². The average Bonchev–Trinajstić information content (AvgIpc) is 3.83. The maximum absolute atomic E-state index is 5.89. The lowest BCUT2D eigenvalue weighted by Crippen LogP contribution is -1.97. The van der Waals surface area contributed by atoms with Crippen molar-refractivity contribution >= 4 is 0 Å². The van der Waals surface area contributed by atoms with Gasteiger partial charge in [0.05, 0.1) is 12.7 Å². The van der Waals surface area contributed by atoms with Crippen LogP contribution in [0.15, 0.2) is 0 Å². The molecule has 1 heterocycles. The highest BCUT2D eigenvalue weighted by Crippen LogP contribution is 2.19. The van der Waals surface area contributed by atoms with Gasteiger partial charge < -0.3 is 9.47 Å². The van der Waals surface area contributed by atoms with Gasteiger partial charge in [0.2, 0.25) is 0 Å². The molecule has 0 saturated carbocycles. The predicted molar refractivity (Wildman–Crippen MR) is 188 cm³/mol. The van der Waals surface area contributed by atoms with Gasteiger partial charge in [0.25, 0.3) is 0 Å². The minimum absolute atomic E-state index is 0.642. The first-order valence-corrected chi connectivity index (χ1v) is 20.1. The topological polar surface area (TPSA) is 21.8 Å². The van der Waals surface area contributed by atoms with Crippen LogP contribution in [0.3, 0.4) is 0 Å². The number of hydrogen-bond acceptors (Lipinski definition) is 2. The van der Waals surface area contributed by atoms with Crippen LogP contribution in [0.1, 0.15) is 232 Å². The second-order valence-corrected chi connectivity index (χ2v) is 14.0. The fourth-order valence-corrected chi connectivity index (χ4v) is 6.49. The van der Waals surface area contributed by atoms with Crippen LogP contribution in [0.5, 0.6) is 0 Å². The number of hydrogen-bond donors (Lipinski definition) is 0. The van der Waals surface area contributed by atoms with E-state index in [0.29, 0.717) is 6.10 Å². The van der Waals surface area contributed by atoms with Gasteiger partial charge in [0, 0.05) is 13.2 Å². The number of ether oxygens (including phenoxy) is 2. The first-order valence-electron chi connectivity index (χ1n) is 20.1. The maximum Gasteiger partial charge on any atom is 0.0810 e. The Morgan fingerprint density at radius 2 is 0.595 bits per heavy atom. The summed E-state index contributed by atoms with van der Waals surface area (Å²) in [6, 6.07) is 0. The molecule has 0 bridgehead atoms. The quantitative estimate of drug-likeness (QED) is 0.0525. The molecular formula is C40H80O2. The molecule has 1 aliphatic rings. The van der Waals surface area contributed by atoms with Gasteiger partial charge in [-0.1, -0.05) is 212 Å². The summed E-state index contributed by atoms with van der Waals surface area (Å²) < 4.78 is 11.2. The summed E-state index contributed by atoms with van der Waals surface area (Å²) in [4.78, 5) is 0. The number of rotatable bonds is 38. The average molecular weight is 593 g/mol. The molecule has 0 aromatic carbocycles.